The molecule has 0 spiro atoms. The van der Waals surface area contributed by atoms with E-state index in [2.05, 4.69) is 39.8 Å². The Bertz CT molecular complexity index is 2250. The molecule has 0 saturated heterocycles. The first-order valence-electron chi connectivity index (χ1n) is 24.5. The summed E-state index contributed by atoms with van der Waals surface area (Å²) in [5.41, 5.74) is -3.50. The molecule has 2 aliphatic carbocycles. The summed E-state index contributed by atoms with van der Waals surface area (Å²) >= 11 is 0. The summed E-state index contributed by atoms with van der Waals surface area (Å²) in [4.78, 5) is 26.9. The Labute approximate surface area is 424 Å². The molecular weight excluding hydrogens is 931 g/mol. The highest BCUT2D eigenvalue weighted by Crippen LogP contribution is 2.50. The standard InChI is InChI=1S/C60H74F6O6/c1-41(25-21-27-43(3)33-35-49-45(5)51(37-39-55(49,7)8)71-53(67)57(69-11,59(61,62)63)47-29-15-13-16-30-47)23-19-20-24-42(2)26-22-28-44(4)34-36-50-46(6)52(38-40-56(50,9)10)72-54(68)58(70-12,60(64,65)66)48-31-17-14-18-32-48/h13-36,45-46,49-52H,37-40H2,1-12H3/b20-19+,25-21+,26-22+,35-33+,36-34+,41-23+,42-24+,43-27-,44-28-/t45-,46-,49-,50-,51-,52-,57-,58-/m0/s1. The summed E-state index contributed by atoms with van der Waals surface area (Å²) in [6.07, 6.45) is 18.5. The van der Waals surface area contributed by atoms with Crippen molar-refractivity contribution in [1.82, 2.24) is 0 Å². The highest BCUT2D eigenvalue weighted by Gasteiger charge is 2.66. The van der Waals surface area contributed by atoms with Gasteiger partial charge in [0.05, 0.1) is 0 Å². The molecule has 0 aliphatic heterocycles. The predicted octanol–water partition coefficient (Wildman–Crippen LogP) is 15.7. The molecule has 2 aliphatic rings. The normalized spacial score (nSPS) is 25.6. The molecule has 0 bridgehead atoms. The van der Waals surface area contributed by atoms with Gasteiger partial charge >= 0.3 is 24.3 Å². The Morgan fingerprint density at radius 2 is 0.819 bits per heavy atom. The second-order valence-electron chi connectivity index (χ2n) is 20.7. The van der Waals surface area contributed by atoms with Crippen molar-refractivity contribution < 1.29 is 54.9 Å². The SMILES string of the molecule is CO[C@](C(=O)O[C@H]1CCC(C)(C)[C@@H](/C=C/C(C)=C\C=C\C(C)=C\C=C\C=C(C)\C=C\C=C(C)/C=C/[C@H]2[C@H](C)[C@@H](OC(=O)[C@@](OC)(c3ccccc3)C(F)(F)F)CCC2(C)C)[C@@H]1C)(c1ccccc1)C(F)(F)F. The van der Waals surface area contributed by atoms with Crippen molar-refractivity contribution in [3.05, 3.63) is 179 Å². The summed E-state index contributed by atoms with van der Waals surface area (Å²) in [7, 11) is 1.75. The number of halogens is 6. The minimum Gasteiger partial charge on any atom is -0.459 e. The predicted molar refractivity (Wildman–Crippen MR) is 274 cm³/mol. The van der Waals surface area contributed by atoms with E-state index >= 15 is 0 Å². The number of rotatable bonds is 18. The highest BCUT2D eigenvalue weighted by atomic mass is 19.4. The van der Waals surface area contributed by atoms with Gasteiger partial charge in [0, 0.05) is 25.3 Å². The molecule has 0 unspecified atom stereocenters. The maximum Gasteiger partial charge on any atom is 0.432 e. The van der Waals surface area contributed by atoms with Gasteiger partial charge in [-0.1, -0.05) is 210 Å². The molecule has 0 heterocycles. The minimum atomic E-state index is -5.04. The first-order valence-corrected chi connectivity index (χ1v) is 24.5. The average Bonchev–Trinajstić information content (AvgIpc) is 3.30. The maximum atomic E-state index is 14.6. The van der Waals surface area contributed by atoms with Gasteiger partial charge in [0.25, 0.3) is 11.2 Å². The van der Waals surface area contributed by atoms with Crippen LogP contribution < -0.4 is 0 Å². The van der Waals surface area contributed by atoms with Gasteiger partial charge in [-0.05, 0) is 87.9 Å². The molecule has 2 saturated carbocycles. The number of carbonyl (C=O) groups excluding carboxylic acids is 2. The third kappa shape index (κ3) is 14.2. The van der Waals surface area contributed by atoms with E-state index < -0.39 is 47.7 Å². The Hall–Kier alpha value is -5.46. The zero-order chi connectivity index (χ0) is 53.7. The molecule has 8 atom stereocenters. The second kappa shape index (κ2) is 25.0. The monoisotopic (exact) mass is 1000 g/mol. The van der Waals surface area contributed by atoms with Gasteiger partial charge in [-0.3, -0.25) is 0 Å². The lowest BCUT2D eigenvalue weighted by Crippen LogP contribution is -2.54. The van der Waals surface area contributed by atoms with E-state index in [1.807, 2.05) is 114 Å². The first kappa shape index (κ1) is 59.1. The second-order valence-corrected chi connectivity index (χ2v) is 20.7. The van der Waals surface area contributed by atoms with Gasteiger partial charge < -0.3 is 18.9 Å². The molecule has 2 aromatic rings. The van der Waals surface area contributed by atoms with Gasteiger partial charge in [-0.15, -0.1) is 0 Å². The van der Waals surface area contributed by atoms with Crippen LogP contribution >= 0.6 is 0 Å². The molecule has 72 heavy (non-hydrogen) atoms. The molecule has 392 valence electrons. The Kier molecular flexibility index (Phi) is 20.5. The first-order chi connectivity index (χ1) is 33.7. The zero-order valence-electron chi connectivity index (χ0n) is 43.9. The number of hydrogen-bond donors (Lipinski definition) is 0. The molecule has 6 nitrogen and oxygen atoms in total. The van der Waals surface area contributed by atoms with Crippen LogP contribution in [0.3, 0.4) is 0 Å². The minimum absolute atomic E-state index is 0.0785. The number of alkyl halides is 6. The van der Waals surface area contributed by atoms with Crippen LogP contribution in [0.4, 0.5) is 26.3 Å². The van der Waals surface area contributed by atoms with E-state index in [1.54, 1.807) is 12.1 Å². The Morgan fingerprint density at radius 3 is 1.12 bits per heavy atom. The van der Waals surface area contributed by atoms with Gasteiger partial charge in [0.1, 0.15) is 12.2 Å². The zero-order valence-corrected chi connectivity index (χ0v) is 43.9. The van der Waals surface area contributed by atoms with E-state index in [1.165, 1.54) is 48.5 Å². The third-order valence-corrected chi connectivity index (χ3v) is 14.5. The largest absolute Gasteiger partial charge is 0.459 e. The van der Waals surface area contributed by atoms with Gasteiger partial charge in [-0.25, -0.2) is 9.59 Å². The fraction of sp³-hybridized carbons (Fsp3) is 0.467. The van der Waals surface area contributed by atoms with Crippen LogP contribution in [0.2, 0.25) is 0 Å². The van der Waals surface area contributed by atoms with E-state index in [0.29, 0.717) is 25.7 Å². The Morgan fingerprint density at radius 1 is 0.514 bits per heavy atom. The average molecular weight is 1010 g/mol. The van der Waals surface area contributed by atoms with Crippen molar-refractivity contribution in [2.75, 3.05) is 14.2 Å². The summed E-state index contributed by atoms with van der Waals surface area (Å²) in [6, 6.07) is 13.7. The molecule has 12 heteroatoms. The number of esters is 2. The quantitative estimate of drug-likeness (QED) is 0.0842. The van der Waals surface area contributed by atoms with Gasteiger partial charge in [-0.2, -0.15) is 26.3 Å². The van der Waals surface area contributed by atoms with Crippen LogP contribution in [0.15, 0.2) is 168 Å². The van der Waals surface area contributed by atoms with Crippen LogP contribution in [-0.4, -0.2) is 50.7 Å². The number of ether oxygens (including phenoxy) is 4. The van der Waals surface area contributed by atoms with Crippen LogP contribution in [0.1, 0.15) is 106 Å². The van der Waals surface area contributed by atoms with Crippen LogP contribution in [0, 0.1) is 34.5 Å². The van der Waals surface area contributed by atoms with E-state index in [0.717, 1.165) is 36.5 Å². The molecule has 0 amide bonds. The summed E-state index contributed by atoms with van der Waals surface area (Å²) < 4.78 is 109. The molecule has 0 radical (unpaired) electrons. The summed E-state index contributed by atoms with van der Waals surface area (Å²) in [6.45, 7) is 20.3. The van der Waals surface area contributed by atoms with Crippen LogP contribution in [-0.2, 0) is 39.7 Å². The molecule has 0 aromatic heterocycles. The number of hydrogen-bond acceptors (Lipinski definition) is 6. The van der Waals surface area contributed by atoms with Crippen molar-refractivity contribution in [2.45, 2.75) is 131 Å². The van der Waals surface area contributed by atoms with Gasteiger partial charge in [0.15, 0.2) is 0 Å². The van der Waals surface area contributed by atoms with Crippen molar-refractivity contribution in [3.8, 4) is 0 Å². The number of carbonyl (C=O) groups is 2. The summed E-state index contributed by atoms with van der Waals surface area (Å²) in [5, 5.41) is 0. The van der Waals surface area contributed by atoms with Crippen molar-refractivity contribution in [1.29, 1.82) is 0 Å². The van der Waals surface area contributed by atoms with Crippen molar-refractivity contribution in [3.63, 3.8) is 0 Å². The Balaban J connectivity index is 1.33. The fourth-order valence-corrected chi connectivity index (χ4v) is 10.0. The molecule has 4 rings (SSSR count). The summed E-state index contributed by atoms with van der Waals surface area (Å²) in [5.74, 6) is -3.60. The number of allylic oxidation sites excluding steroid dienone is 18. The van der Waals surface area contributed by atoms with E-state index in [-0.39, 0.29) is 45.6 Å². The molecule has 2 fully saturated rings. The highest BCUT2D eigenvalue weighted by molar-refractivity contribution is 5.83. The third-order valence-electron chi connectivity index (χ3n) is 14.5. The fourth-order valence-electron chi connectivity index (χ4n) is 10.0. The van der Waals surface area contributed by atoms with E-state index in [4.69, 9.17) is 18.9 Å². The topological polar surface area (TPSA) is 71.1 Å². The van der Waals surface area contributed by atoms with Crippen molar-refractivity contribution in [2.24, 2.45) is 34.5 Å². The van der Waals surface area contributed by atoms with Crippen molar-refractivity contribution >= 4 is 11.9 Å². The lowest BCUT2D eigenvalue weighted by molar-refractivity contribution is -0.280. The van der Waals surface area contributed by atoms with Crippen LogP contribution in [0.5, 0.6) is 0 Å². The molecular formula is C60H74F6O6. The molecule has 0 N–H and O–H groups in total. The van der Waals surface area contributed by atoms with E-state index in [9.17, 15) is 35.9 Å². The van der Waals surface area contributed by atoms with Gasteiger partial charge in [0.2, 0.25) is 0 Å². The lowest BCUT2D eigenvalue weighted by atomic mass is 9.63. The smallest absolute Gasteiger partial charge is 0.432 e. The number of benzene rings is 2. The maximum absolute atomic E-state index is 14.6. The number of methoxy groups -OCH3 is 2. The lowest BCUT2D eigenvalue weighted by Gasteiger charge is -2.46. The molecule has 2 aromatic carbocycles. The van der Waals surface area contributed by atoms with Crippen LogP contribution in [0.25, 0.3) is 0 Å².